The molecule has 0 aromatic carbocycles. The van der Waals surface area contributed by atoms with E-state index in [1.807, 2.05) is 6.92 Å². The first kappa shape index (κ1) is 10.8. The molecule has 0 aliphatic rings. The summed E-state index contributed by atoms with van der Waals surface area (Å²) in [5.41, 5.74) is 0. The third-order valence-corrected chi connectivity index (χ3v) is 1.31. The fourth-order valence-electron chi connectivity index (χ4n) is 0.554. The molecule has 0 unspecified atom stereocenters. The SMILES string of the molecule is CCC(=O)NCCOCCS. The summed E-state index contributed by atoms with van der Waals surface area (Å²) < 4.78 is 5.09. The zero-order valence-electron chi connectivity index (χ0n) is 6.80. The number of hydrogen-bond acceptors (Lipinski definition) is 3. The highest BCUT2D eigenvalue weighted by Crippen LogP contribution is 1.78. The van der Waals surface area contributed by atoms with Crippen molar-refractivity contribution in [2.45, 2.75) is 13.3 Å². The smallest absolute Gasteiger partial charge is 0.219 e. The molecule has 0 saturated carbocycles. The lowest BCUT2D eigenvalue weighted by Crippen LogP contribution is -2.26. The molecule has 0 aromatic heterocycles. The van der Waals surface area contributed by atoms with Crippen molar-refractivity contribution in [2.75, 3.05) is 25.5 Å². The van der Waals surface area contributed by atoms with E-state index in [-0.39, 0.29) is 5.91 Å². The fourth-order valence-corrected chi connectivity index (χ4v) is 0.683. The molecule has 0 aliphatic carbocycles. The molecule has 0 aliphatic heterocycles. The molecule has 1 N–H and O–H groups in total. The normalized spacial score (nSPS) is 9.64. The summed E-state index contributed by atoms with van der Waals surface area (Å²) in [5, 5.41) is 2.70. The Labute approximate surface area is 72.9 Å². The van der Waals surface area contributed by atoms with E-state index in [1.165, 1.54) is 0 Å². The van der Waals surface area contributed by atoms with Gasteiger partial charge >= 0.3 is 0 Å². The average Bonchev–Trinajstić information content (AvgIpc) is 2.04. The van der Waals surface area contributed by atoms with Crippen molar-refractivity contribution in [2.24, 2.45) is 0 Å². The van der Waals surface area contributed by atoms with Crippen LogP contribution in [0, 0.1) is 0 Å². The lowest BCUT2D eigenvalue weighted by molar-refractivity contribution is -0.121. The second-order valence-corrected chi connectivity index (χ2v) is 2.49. The predicted octanol–water partition coefficient (Wildman–Crippen LogP) is 0.459. The number of carbonyl (C=O) groups excluding carboxylic acids is 1. The lowest BCUT2D eigenvalue weighted by atomic mass is 10.4. The predicted molar refractivity (Wildman–Crippen MR) is 48.0 cm³/mol. The Balaban J connectivity index is 2.95. The topological polar surface area (TPSA) is 38.3 Å². The van der Waals surface area contributed by atoms with Crippen LogP contribution < -0.4 is 5.32 Å². The van der Waals surface area contributed by atoms with Crippen LogP contribution >= 0.6 is 12.6 Å². The molecule has 0 heterocycles. The minimum absolute atomic E-state index is 0.0690. The van der Waals surface area contributed by atoms with Crippen molar-refractivity contribution in [3.05, 3.63) is 0 Å². The molecular formula is C7H15NO2S. The van der Waals surface area contributed by atoms with Crippen molar-refractivity contribution >= 4 is 18.5 Å². The van der Waals surface area contributed by atoms with Gasteiger partial charge in [-0.15, -0.1) is 0 Å². The zero-order valence-corrected chi connectivity index (χ0v) is 7.69. The highest BCUT2D eigenvalue weighted by molar-refractivity contribution is 7.80. The van der Waals surface area contributed by atoms with Gasteiger partial charge in [0.1, 0.15) is 0 Å². The Bertz CT molecular complexity index is 109. The van der Waals surface area contributed by atoms with Crippen molar-refractivity contribution < 1.29 is 9.53 Å². The monoisotopic (exact) mass is 177 g/mol. The molecule has 3 nitrogen and oxygen atoms in total. The summed E-state index contributed by atoms with van der Waals surface area (Å²) >= 11 is 3.97. The molecule has 1 amide bonds. The Kier molecular flexibility index (Phi) is 7.72. The quantitative estimate of drug-likeness (QED) is 0.457. The molecule has 0 fully saturated rings. The summed E-state index contributed by atoms with van der Waals surface area (Å²) in [6.45, 7) is 3.64. The van der Waals surface area contributed by atoms with Crippen LogP contribution in [-0.2, 0) is 9.53 Å². The number of thiol groups is 1. The van der Waals surface area contributed by atoms with Gasteiger partial charge in [0.2, 0.25) is 5.91 Å². The highest BCUT2D eigenvalue weighted by atomic mass is 32.1. The largest absolute Gasteiger partial charge is 0.379 e. The third kappa shape index (κ3) is 7.68. The summed E-state index contributed by atoms with van der Waals surface area (Å²) in [6.07, 6.45) is 0.534. The maximum atomic E-state index is 10.7. The molecule has 0 spiro atoms. The maximum absolute atomic E-state index is 10.7. The lowest BCUT2D eigenvalue weighted by Gasteiger charge is -2.03. The van der Waals surface area contributed by atoms with Crippen LogP contribution in [0.1, 0.15) is 13.3 Å². The molecule has 0 aromatic rings. The van der Waals surface area contributed by atoms with Crippen LogP contribution in [0.5, 0.6) is 0 Å². The van der Waals surface area contributed by atoms with Crippen molar-refractivity contribution in [1.29, 1.82) is 0 Å². The van der Waals surface area contributed by atoms with E-state index in [9.17, 15) is 4.79 Å². The summed E-state index contributed by atoms with van der Waals surface area (Å²) in [7, 11) is 0. The number of rotatable bonds is 6. The van der Waals surface area contributed by atoms with Crippen molar-refractivity contribution in [3.63, 3.8) is 0 Å². The first-order chi connectivity index (χ1) is 5.31. The van der Waals surface area contributed by atoms with E-state index < -0.39 is 0 Å². The number of amides is 1. The Hall–Kier alpha value is -0.220. The van der Waals surface area contributed by atoms with Gasteiger partial charge in [-0.2, -0.15) is 12.6 Å². The Morgan fingerprint density at radius 2 is 2.27 bits per heavy atom. The Morgan fingerprint density at radius 1 is 1.55 bits per heavy atom. The van der Waals surface area contributed by atoms with E-state index in [0.29, 0.717) is 26.2 Å². The summed E-state index contributed by atoms with van der Waals surface area (Å²) in [5.74, 6) is 0.793. The third-order valence-electron chi connectivity index (χ3n) is 1.13. The van der Waals surface area contributed by atoms with Gasteiger partial charge in [-0.05, 0) is 0 Å². The van der Waals surface area contributed by atoms with E-state index in [4.69, 9.17) is 4.74 Å². The van der Waals surface area contributed by atoms with Crippen molar-refractivity contribution in [3.8, 4) is 0 Å². The fraction of sp³-hybridized carbons (Fsp3) is 0.857. The second-order valence-electron chi connectivity index (χ2n) is 2.04. The minimum atomic E-state index is 0.0690. The highest BCUT2D eigenvalue weighted by Gasteiger charge is 1.93. The van der Waals surface area contributed by atoms with Crippen LogP contribution in [0.2, 0.25) is 0 Å². The van der Waals surface area contributed by atoms with Crippen LogP contribution in [0.25, 0.3) is 0 Å². The van der Waals surface area contributed by atoms with Crippen LogP contribution in [0.15, 0.2) is 0 Å². The van der Waals surface area contributed by atoms with Gasteiger partial charge in [-0.3, -0.25) is 4.79 Å². The van der Waals surface area contributed by atoms with Gasteiger partial charge in [-0.1, -0.05) is 6.92 Å². The van der Waals surface area contributed by atoms with E-state index >= 15 is 0 Å². The molecule has 0 atom stereocenters. The van der Waals surface area contributed by atoms with Crippen LogP contribution in [0.4, 0.5) is 0 Å². The van der Waals surface area contributed by atoms with Crippen LogP contribution in [-0.4, -0.2) is 31.4 Å². The second kappa shape index (κ2) is 7.88. The van der Waals surface area contributed by atoms with E-state index in [1.54, 1.807) is 0 Å². The molecule has 11 heavy (non-hydrogen) atoms. The van der Waals surface area contributed by atoms with Gasteiger partial charge in [0.25, 0.3) is 0 Å². The number of carbonyl (C=O) groups is 1. The van der Waals surface area contributed by atoms with Gasteiger partial charge in [0.15, 0.2) is 0 Å². The molecular weight excluding hydrogens is 162 g/mol. The molecule has 0 rings (SSSR count). The molecule has 0 saturated heterocycles. The Morgan fingerprint density at radius 3 is 2.82 bits per heavy atom. The number of hydrogen-bond donors (Lipinski definition) is 2. The van der Waals surface area contributed by atoms with E-state index in [0.717, 1.165) is 5.75 Å². The van der Waals surface area contributed by atoms with Gasteiger partial charge < -0.3 is 10.1 Å². The molecule has 4 heteroatoms. The number of nitrogens with one attached hydrogen (secondary N) is 1. The average molecular weight is 177 g/mol. The summed E-state index contributed by atoms with van der Waals surface area (Å²) in [4.78, 5) is 10.7. The first-order valence-electron chi connectivity index (χ1n) is 3.76. The van der Waals surface area contributed by atoms with Gasteiger partial charge in [0, 0.05) is 18.7 Å². The molecule has 0 radical (unpaired) electrons. The number of ether oxygens (including phenoxy) is 1. The standard InChI is InChI=1S/C7H15NO2S/c1-2-7(9)8-3-4-10-5-6-11/h11H,2-6H2,1H3,(H,8,9). The minimum Gasteiger partial charge on any atom is -0.379 e. The van der Waals surface area contributed by atoms with Gasteiger partial charge in [-0.25, -0.2) is 0 Å². The zero-order chi connectivity index (χ0) is 8.53. The molecule has 0 bridgehead atoms. The first-order valence-corrected chi connectivity index (χ1v) is 4.39. The molecule has 66 valence electrons. The maximum Gasteiger partial charge on any atom is 0.219 e. The van der Waals surface area contributed by atoms with Crippen molar-refractivity contribution in [1.82, 2.24) is 5.32 Å². The van der Waals surface area contributed by atoms with Gasteiger partial charge in [0.05, 0.1) is 13.2 Å². The van der Waals surface area contributed by atoms with E-state index in [2.05, 4.69) is 17.9 Å². The summed E-state index contributed by atoms with van der Waals surface area (Å²) in [6, 6.07) is 0. The van der Waals surface area contributed by atoms with Crippen LogP contribution in [0.3, 0.4) is 0 Å².